The van der Waals surface area contributed by atoms with Gasteiger partial charge in [-0.25, -0.2) is 0 Å². The van der Waals surface area contributed by atoms with Gasteiger partial charge in [-0.2, -0.15) is 0 Å². The van der Waals surface area contributed by atoms with Crippen molar-refractivity contribution in [3.63, 3.8) is 0 Å². The predicted molar refractivity (Wildman–Crippen MR) is 56.5 cm³/mol. The molecular weight excluding hydrogens is 194 g/mol. The molecule has 0 saturated heterocycles. The van der Waals surface area contributed by atoms with Crippen molar-refractivity contribution in [2.24, 2.45) is 5.73 Å². The van der Waals surface area contributed by atoms with Crippen LogP contribution >= 0.6 is 0 Å². The van der Waals surface area contributed by atoms with Crippen molar-refractivity contribution in [1.82, 2.24) is 10.3 Å². The van der Waals surface area contributed by atoms with Crippen LogP contribution in [0.4, 0.5) is 0 Å². The lowest BCUT2D eigenvalue weighted by atomic mass is 10.2. The average molecular weight is 209 g/mol. The van der Waals surface area contributed by atoms with E-state index in [1.165, 1.54) is 18.5 Å². The molecule has 0 fully saturated rings. The molecule has 1 rings (SSSR count). The Hall–Kier alpha value is -1.62. The Morgan fingerprint density at radius 2 is 2.33 bits per heavy atom. The quantitative estimate of drug-likeness (QED) is 0.607. The first kappa shape index (κ1) is 11.5. The molecule has 1 aromatic heterocycles. The number of hydrogen-bond donors (Lipinski definition) is 3. The third-order valence-corrected chi connectivity index (χ3v) is 1.96. The Morgan fingerprint density at radius 1 is 1.53 bits per heavy atom. The molecule has 0 bridgehead atoms. The zero-order valence-corrected chi connectivity index (χ0v) is 8.44. The van der Waals surface area contributed by atoms with E-state index in [2.05, 4.69) is 10.3 Å². The number of nitrogens with zero attached hydrogens (tertiary/aromatic N) is 1. The largest absolute Gasteiger partial charge is 0.505 e. The minimum atomic E-state index is -0.285. The number of rotatable bonds is 5. The van der Waals surface area contributed by atoms with E-state index >= 15 is 0 Å². The molecule has 0 unspecified atom stereocenters. The summed E-state index contributed by atoms with van der Waals surface area (Å²) < 4.78 is 0. The molecule has 5 nitrogen and oxygen atoms in total. The Morgan fingerprint density at radius 3 is 3.00 bits per heavy atom. The normalized spacial score (nSPS) is 9.93. The number of hydrogen-bond acceptors (Lipinski definition) is 4. The number of nitrogens with one attached hydrogen (secondary N) is 1. The molecule has 0 aromatic carbocycles. The predicted octanol–water partition coefficient (Wildman–Crippen LogP) is 0.256. The highest BCUT2D eigenvalue weighted by Crippen LogP contribution is 2.13. The molecule has 1 heterocycles. The highest BCUT2D eigenvalue weighted by Gasteiger charge is 2.09. The second-order valence-electron chi connectivity index (χ2n) is 3.14. The lowest BCUT2D eigenvalue weighted by molar-refractivity contribution is 0.0950. The standard InChI is InChI=1S/C10H15N3O2/c11-4-1-2-5-13-10(15)8-3-6-12-7-9(8)14/h3,6-7,14H,1-2,4-5,11H2,(H,13,15). The van der Waals surface area contributed by atoms with E-state index in [0.29, 0.717) is 13.1 Å². The molecule has 0 aliphatic carbocycles. The molecular formula is C10H15N3O2. The molecule has 4 N–H and O–H groups in total. The van der Waals surface area contributed by atoms with Crippen LogP contribution in [0.2, 0.25) is 0 Å². The van der Waals surface area contributed by atoms with Crippen LogP contribution in [0.3, 0.4) is 0 Å². The van der Waals surface area contributed by atoms with Gasteiger partial charge in [0.25, 0.3) is 5.91 Å². The molecule has 82 valence electrons. The minimum absolute atomic E-state index is 0.103. The molecule has 1 aromatic rings. The van der Waals surface area contributed by atoms with E-state index in [1.54, 1.807) is 0 Å². The van der Waals surface area contributed by atoms with Gasteiger partial charge in [-0.05, 0) is 25.5 Å². The fourth-order valence-electron chi connectivity index (χ4n) is 1.14. The highest BCUT2D eigenvalue weighted by molar-refractivity contribution is 5.96. The van der Waals surface area contributed by atoms with Crippen LogP contribution in [0.15, 0.2) is 18.5 Å². The molecule has 0 atom stereocenters. The molecule has 0 radical (unpaired) electrons. The van der Waals surface area contributed by atoms with Crippen molar-refractivity contribution >= 4 is 5.91 Å². The van der Waals surface area contributed by atoms with Crippen molar-refractivity contribution < 1.29 is 9.90 Å². The summed E-state index contributed by atoms with van der Waals surface area (Å²) >= 11 is 0. The Kier molecular flexibility index (Phi) is 4.56. The summed E-state index contributed by atoms with van der Waals surface area (Å²) in [5.41, 5.74) is 5.57. The van der Waals surface area contributed by atoms with E-state index in [0.717, 1.165) is 12.8 Å². The van der Waals surface area contributed by atoms with Gasteiger partial charge < -0.3 is 16.2 Å². The monoisotopic (exact) mass is 209 g/mol. The first-order valence-corrected chi connectivity index (χ1v) is 4.87. The number of aromatic hydroxyl groups is 1. The van der Waals surface area contributed by atoms with Gasteiger partial charge in [-0.3, -0.25) is 9.78 Å². The summed E-state index contributed by atoms with van der Waals surface area (Å²) in [5, 5.41) is 12.0. The second kappa shape index (κ2) is 5.98. The van der Waals surface area contributed by atoms with Crippen molar-refractivity contribution in [1.29, 1.82) is 0 Å². The van der Waals surface area contributed by atoms with Crippen molar-refractivity contribution in [2.45, 2.75) is 12.8 Å². The van der Waals surface area contributed by atoms with E-state index in [4.69, 9.17) is 5.73 Å². The van der Waals surface area contributed by atoms with Gasteiger partial charge in [-0.1, -0.05) is 0 Å². The summed E-state index contributed by atoms with van der Waals surface area (Å²) in [4.78, 5) is 15.2. The lowest BCUT2D eigenvalue weighted by Crippen LogP contribution is -2.24. The van der Waals surface area contributed by atoms with Crippen molar-refractivity contribution in [2.75, 3.05) is 13.1 Å². The maximum absolute atomic E-state index is 11.5. The zero-order chi connectivity index (χ0) is 11.1. The van der Waals surface area contributed by atoms with Gasteiger partial charge in [0.15, 0.2) is 0 Å². The van der Waals surface area contributed by atoms with Gasteiger partial charge in [0.05, 0.1) is 11.8 Å². The minimum Gasteiger partial charge on any atom is -0.505 e. The molecule has 5 heteroatoms. The molecule has 0 aliphatic rings. The van der Waals surface area contributed by atoms with Crippen molar-refractivity contribution in [3.05, 3.63) is 24.0 Å². The summed E-state index contributed by atoms with van der Waals surface area (Å²) in [5.74, 6) is -0.388. The Balaban J connectivity index is 2.44. The number of unbranched alkanes of at least 4 members (excludes halogenated alkanes) is 1. The maximum atomic E-state index is 11.5. The summed E-state index contributed by atoms with van der Waals surface area (Å²) in [7, 11) is 0. The van der Waals surface area contributed by atoms with Gasteiger partial charge >= 0.3 is 0 Å². The van der Waals surface area contributed by atoms with E-state index < -0.39 is 0 Å². The molecule has 1 amide bonds. The number of pyridine rings is 1. The topological polar surface area (TPSA) is 88.2 Å². The fourth-order valence-corrected chi connectivity index (χ4v) is 1.14. The number of aromatic nitrogens is 1. The number of nitrogens with two attached hydrogens (primary N) is 1. The third kappa shape index (κ3) is 3.55. The number of carbonyl (C=O) groups is 1. The van der Waals surface area contributed by atoms with Gasteiger partial charge in [0.1, 0.15) is 5.75 Å². The number of amides is 1. The summed E-state index contributed by atoms with van der Waals surface area (Å²) in [6.07, 6.45) is 4.43. The smallest absolute Gasteiger partial charge is 0.255 e. The second-order valence-corrected chi connectivity index (χ2v) is 3.14. The van der Waals surface area contributed by atoms with Gasteiger partial charge in [0, 0.05) is 12.7 Å². The first-order chi connectivity index (χ1) is 7.25. The van der Waals surface area contributed by atoms with E-state index in [1.807, 2.05) is 0 Å². The van der Waals surface area contributed by atoms with Crippen LogP contribution in [0.1, 0.15) is 23.2 Å². The molecule has 0 spiro atoms. The fraction of sp³-hybridized carbons (Fsp3) is 0.400. The van der Waals surface area contributed by atoms with Crippen LogP contribution in [0, 0.1) is 0 Å². The van der Waals surface area contributed by atoms with Crippen LogP contribution in [-0.2, 0) is 0 Å². The Labute approximate surface area is 88.3 Å². The average Bonchev–Trinajstić information content (AvgIpc) is 2.25. The molecule has 15 heavy (non-hydrogen) atoms. The zero-order valence-electron chi connectivity index (χ0n) is 8.44. The first-order valence-electron chi connectivity index (χ1n) is 4.87. The van der Waals surface area contributed by atoms with Gasteiger partial charge in [-0.15, -0.1) is 0 Å². The SMILES string of the molecule is NCCCCNC(=O)c1ccncc1O. The maximum Gasteiger partial charge on any atom is 0.255 e. The molecule has 0 saturated carbocycles. The molecule has 0 aliphatic heterocycles. The lowest BCUT2D eigenvalue weighted by Gasteiger charge is -2.05. The van der Waals surface area contributed by atoms with E-state index in [-0.39, 0.29) is 17.2 Å². The third-order valence-electron chi connectivity index (χ3n) is 1.96. The van der Waals surface area contributed by atoms with Crippen molar-refractivity contribution in [3.8, 4) is 5.75 Å². The Bertz CT molecular complexity index is 328. The van der Waals surface area contributed by atoms with Gasteiger partial charge in [0.2, 0.25) is 0 Å². The van der Waals surface area contributed by atoms with Crippen LogP contribution in [-0.4, -0.2) is 29.1 Å². The van der Waals surface area contributed by atoms with Crippen LogP contribution in [0.25, 0.3) is 0 Å². The van der Waals surface area contributed by atoms with Crippen LogP contribution in [0.5, 0.6) is 5.75 Å². The van der Waals surface area contributed by atoms with Crippen LogP contribution < -0.4 is 11.1 Å². The summed E-state index contributed by atoms with van der Waals surface area (Å²) in [6, 6.07) is 1.48. The summed E-state index contributed by atoms with van der Waals surface area (Å²) in [6.45, 7) is 1.19. The van der Waals surface area contributed by atoms with E-state index in [9.17, 15) is 9.90 Å². The number of carbonyl (C=O) groups excluding carboxylic acids is 1. The highest BCUT2D eigenvalue weighted by atomic mass is 16.3.